The number of rotatable bonds is 6. The largest absolute Gasteiger partial charge is 0.350 e. The molecule has 146 valence electrons. The van der Waals surface area contributed by atoms with Crippen molar-refractivity contribution >= 4 is 40.0 Å². The van der Waals surface area contributed by atoms with E-state index in [0.29, 0.717) is 29.4 Å². The Bertz CT molecular complexity index is 1020. The molecule has 0 aliphatic carbocycles. The molecule has 0 bridgehead atoms. The predicted octanol–water partition coefficient (Wildman–Crippen LogP) is 4.49. The Hall–Kier alpha value is -2.79. The van der Waals surface area contributed by atoms with Crippen LogP contribution in [0.4, 0.5) is 5.69 Å². The molecular weight excluding hydrogens is 374 g/mol. The van der Waals surface area contributed by atoms with Crippen molar-refractivity contribution in [3.05, 3.63) is 64.8 Å². The van der Waals surface area contributed by atoms with Crippen LogP contribution in [0.25, 0.3) is 10.9 Å². The maximum Gasteiger partial charge on any atom is 0.255 e. The summed E-state index contributed by atoms with van der Waals surface area (Å²) in [6, 6.07) is 13.0. The van der Waals surface area contributed by atoms with Gasteiger partial charge in [0.1, 0.15) is 0 Å². The summed E-state index contributed by atoms with van der Waals surface area (Å²) in [5.41, 5.74) is 3.08. The zero-order valence-electron chi connectivity index (χ0n) is 16.3. The van der Waals surface area contributed by atoms with Gasteiger partial charge < -0.3 is 14.8 Å². The first-order valence-corrected chi connectivity index (χ1v) is 9.74. The van der Waals surface area contributed by atoms with Crippen molar-refractivity contribution in [2.75, 3.05) is 18.4 Å². The maximum absolute atomic E-state index is 12.5. The molecule has 0 spiro atoms. The predicted molar refractivity (Wildman–Crippen MR) is 114 cm³/mol. The monoisotopic (exact) mass is 397 g/mol. The number of amides is 2. The standard InChI is InChI=1S/C22H24ClN3O2/c1-4-26(5-2)22(28)18-11-10-16(13-19(18)23)24-21(27)12-15-14-25(3)20-9-7-6-8-17(15)20/h6-11,13-14H,4-5,12H2,1-3H3,(H,24,27). The molecule has 0 fully saturated rings. The molecule has 28 heavy (non-hydrogen) atoms. The highest BCUT2D eigenvalue weighted by Crippen LogP contribution is 2.24. The summed E-state index contributed by atoms with van der Waals surface area (Å²) in [7, 11) is 1.97. The molecule has 5 nitrogen and oxygen atoms in total. The van der Waals surface area contributed by atoms with E-state index in [1.165, 1.54) is 0 Å². The Morgan fingerprint density at radius 3 is 2.50 bits per heavy atom. The second-order valence-corrected chi connectivity index (χ2v) is 7.09. The summed E-state index contributed by atoms with van der Waals surface area (Å²) in [4.78, 5) is 26.7. The van der Waals surface area contributed by atoms with E-state index in [9.17, 15) is 9.59 Å². The number of carbonyl (C=O) groups excluding carboxylic acids is 2. The van der Waals surface area contributed by atoms with E-state index < -0.39 is 0 Å². The molecule has 0 unspecified atom stereocenters. The molecule has 1 aromatic heterocycles. The lowest BCUT2D eigenvalue weighted by Crippen LogP contribution is -2.30. The first kappa shape index (κ1) is 20.0. The summed E-state index contributed by atoms with van der Waals surface area (Å²) in [6.07, 6.45) is 2.24. The Kier molecular flexibility index (Phi) is 6.05. The third-order valence-corrected chi connectivity index (χ3v) is 5.18. The van der Waals surface area contributed by atoms with Gasteiger partial charge in [-0.15, -0.1) is 0 Å². The molecule has 0 aliphatic rings. The molecule has 0 saturated heterocycles. The third kappa shape index (κ3) is 4.04. The van der Waals surface area contributed by atoms with Crippen LogP contribution in [0, 0.1) is 0 Å². The topological polar surface area (TPSA) is 54.3 Å². The number of nitrogens with one attached hydrogen (secondary N) is 1. The van der Waals surface area contributed by atoms with Gasteiger partial charge in [0.25, 0.3) is 5.91 Å². The van der Waals surface area contributed by atoms with Crippen LogP contribution in [0.2, 0.25) is 5.02 Å². The average molecular weight is 398 g/mol. The van der Waals surface area contributed by atoms with Gasteiger partial charge >= 0.3 is 0 Å². The number of para-hydroxylation sites is 1. The molecule has 2 amide bonds. The first-order valence-electron chi connectivity index (χ1n) is 9.36. The lowest BCUT2D eigenvalue weighted by molar-refractivity contribution is -0.115. The maximum atomic E-state index is 12.5. The Labute approximate surface area is 169 Å². The van der Waals surface area contributed by atoms with Gasteiger partial charge in [-0.1, -0.05) is 29.8 Å². The van der Waals surface area contributed by atoms with Crippen LogP contribution in [0.5, 0.6) is 0 Å². The van der Waals surface area contributed by atoms with Gasteiger partial charge in [-0.05, 0) is 43.7 Å². The van der Waals surface area contributed by atoms with E-state index in [-0.39, 0.29) is 18.2 Å². The number of benzene rings is 2. The second kappa shape index (κ2) is 8.48. The number of fused-ring (bicyclic) bond motifs is 1. The second-order valence-electron chi connectivity index (χ2n) is 6.68. The van der Waals surface area contributed by atoms with Crippen LogP contribution in [0.1, 0.15) is 29.8 Å². The molecule has 0 aliphatic heterocycles. The van der Waals surface area contributed by atoms with Crippen molar-refractivity contribution in [1.29, 1.82) is 0 Å². The van der Waals surface area contributed by atoms with Gasteiger partial charge in [-0.3, -0.25) is 9.59 Å². The van der Waals surface area contributed by atoms with Gasteiger partial charge in [0.05, 0.1) is 17.0 Å². The first-order chi connectivity index (χ1) is 13.4. The third-order valence-electron chi connectivity index (χ3n) is 4.86. The van der Waals surface area contributed by atoms with Crippen LogP contribution in [0.15, 0.2) is 48.7 Å². The Morgan fingerprint density at radius 1 is 1.11 bits per heavy atom. The number of hydrogen-bond acceptors (Lipinski definition) is 2. The zero-order valence-corrected chi connectivity index (χ0v) is 17.1. The van der Waals surface area contributed by atoms with Crippen molar-refractivity contribution < 1.29 is 9.59 Å². The number of aromatic nitrogens is 1. The zero-order chi connectivity index (χ0) is 20.3. The number of hydrogen-bond donors (Lipinski definition) is 1. The smallest absolute Gasteiger partial charge is 0.255 e. The minimum atomic E-state index is -0.129. The lowest BCUT2D eigenvalue weighted by Gasteiger charge is -2.19. The minimum Gasteiger partial charge on any atom is -0.350 e. The fourth-order valence-electron chi connectivity index (χ4n) is 3.39. The van der Waals surface area contributed by atoms with Gasteiger partial charge in [0.15, 0.2) is 0 Å². The number of anilines is 1. The normalized spacial score (nSPS) is 10.9. The van der Waals surface area contributed by atoms with E-state index in [1.807, 2.05) is 55.9 Å². The molecular formula is C22H24ClN3O2. The van der Waals surface area contributed by atoms with Crippen molar-refractivity contribution in [2.24, 2.45) is 7.05 Å². The number of aryl methyl sites for hydroxylation is 1. The molecule has 1 heterocycles. The highest BCUT2D eigenvalue weighted by atomic mass is 35.5. The van der Waals surface area contributed by atoms with Gasteiger partial charge in [0.2, 0.25) is 5.91 Å². The lowest BCUT2D eigenvalue weighted by atomic mass is 10.1. The molecule has 0 radical (unpaired) electrons. The molecule has 0 saturated carbocycles. The summed E-state index contributed by atoms with van der Waals surface area (Å²) in [5, 5.41) is 4.27. The fourth-order valence-corrected chi connectivity index (χ4v) is 3.65. The summed E-state index contributed by atoms with van der Waals surface area (Å²) < 4.78 is 2.02. The SMILES string of the molecule is CCN(CC)C(=O)c1ccc(NC(=O)Cc2cn(C)c3ccccc23)cc1Cl. The van der Waals surface area contributed by atoms with E-state index >= 15 is 0 Å². The van der Waals surface area contributed by atoms with Crippen LogP contribution >= 0.6 is 11.6 Å². The summed E-state index contributed by atoms with van der Waals surface area (Å²) in [6.45, 7) is 5.10. The van der Waals surface area contributed by atoms with Crippen molar-refractivity contribution in [3.8, 4) is 0 Å². The number of nitrogens with zero attached hydrogens (tertiary/aromatic N) is 2. The molecule has 3 rings (SSSR count). The number of carbonyl (C=O) groups is 2. The van der Waals surface area contributed by atoms with Crippen LogP contribution in [0.3, 0.4) is 0 Å². The highest BCUT2D eigenvalue weighted by Gasteiger charge is 2.17. The molecule has 2 aromatic carbocycles. The molecule has 6 heteroatoms. The van der Waals surface area contributed by atoms with Crippen LogP contribution in [-0.2, 0) is 18.3 Å². The number of halogens is 1. The minimum absolute atomic E-state index is 0.108. The van der Waals surface area contributed by atoms with Crippen LogP contribution < -0.4 is 5.32 Å². The van der Waals surface area contributed by atoms with E-state index in [4.69, 9.17) is 11.6 Å². The van der Waals surface area contributed by atoms with Gasteiger partial charge in [-0.2, -0.15) is 0 Å². The Morgan fingerprint density at radius 2 is 1.82 bits per heavy atom. The average Bonchev–Trinajstić information content (AvgIpc) is 2.98. The van der Waals surface area contributed by atoms with Crippen molar-refractivity contribution in [1.82, 2.24) is 9.47 Å². The molecule has 0 atom stereocenters. The fraction of sp³-hybridized carbons (Fsp3) is 0.273. The summed E-state index contributed by atoms with van der Waals surface area (Å²) in [5.74, 6) is -0.237. The van der Waals surface area contributed by atoms with Gasteiger partial charge in [0, 0.05) is 42.9 Å². The van der Waals surface area contributed by atoms with Crippen molar-refractivity contribution in [3.63, 3.8) is 0 Å². The Balaban J connectivity index is 1.74. The molecule has 1 N–H and O–H groups in total. The quantitative estimate of drug-likeness (QED) is 0.666. The van der Waals surface area contributed by atoms with E-state index in [2.05, 4.69) is 5.32 Å². The molecule has 3 aromatic rings. The van der Waals surface area contributed by atoms with Crippen LogP contribution in [-0.4, -0.2) is 34.4 Å². The highest BCUT2D eigenvalue weighted by molar-refractivity contribution is 6.34. The van der Waals surface area contributed by atoms with Crippen molar-refractivity contribution in [2.45, 2.75) is 20.3 Å². The summed E-state index contributed by atoms with van der Waals surface area (Å²) >= 11 is 6.31. The van der Waals surface area contributed by atoms with Gasteiger partial charge in [-0.25, -0.2) is 0 Å². The van der Waals surface area contributed by atoms with E-state index in [0.717, 1.165) is 16.5 Å². The van der Waals surface area contributed by atoms with E-state index in [1.54, 1.807) is 23.1 Å².